The zero-order valence-corrected chi connectivity index (χ0v) is 8.18. The standard InChI is InChI=1S/C9H14N2S/c1-11-5-2-3-8(7-11)9-10-4-6-12-9/h4,6,8H,2-3,5,7H2,1H3. The Morgan fingerprint density at radius 2 is 2.58 bits per heavy atom. The Bertz CT molecular complexity index is 233. The number of rotatable bonds is 1. The topological polar surface area (TPSA) is 16.1 Å². The first-order chi connectivity index (χ1) is 5.86. The lowest BCUT2D eigenvalue weighted by molar-refractivity contribution is 0.250. The highest BCUT2D eigenvalue weighted by Gasteiger charge is 2.20. The van der Waals surface area contributed by atoms with Gasteiger partial charge >= 0.3 is 0 Å². The molecule has 1 unspecified atom stereocenters. The fraction of sp³-hybridized carbons (Fsp3) is 0.667. The minimum atomic E-state index is 0.698. The summed E-state index contributed by atoms with van der Waals surface area (Å²) < 4.78 is 0. The van der Waals surface area contributed by atoms with Crippen LogP contribution in [0.15, 0.2) is 11.6 Å². The first-order valence-electron chi connectivity index (χ1n) is 4.44. The molecule has 2 rings (SSSR count). The van der Waals surface area contributed by atoms with Gasteiger partial charge in [-0.3, -0.25) is 0 Å². The fourth-order valence-electron chi connectivity index (χ4n) is 1.80. The fourth-order valence-corrected chi connectivity index (χ4v) is 2.57. The number of thiazole rings is 1. The summed E-state index contributed by atoms with van der Waals surface area (Å²) >= 11 is 1.79. The van der Waals surface area contributed by atoms with Crippen LogP contribution in [0.25, 0.3) is 0 Å². The van der Waals surface area contributed by atoms with Crippen LogP contribution < -0.4 is 0 Å². The van der Waals surface area contributed by atoms with E-state index in [-0.39, 0.29) is 0 Å². The number of likely N-dealkylation sites (N-methyl/N-ethyl adjacent to an activating group) is 1. The van der Waals surface area contributed by atoms with Gasteiger partial charge in [0.1, 0.15) is 0 Å². The van der Waals surface area contributed by atoms with Crippen molar-refractivity contribution in [3.63, 3.8) is 0 Å². The van der Waals surface area contributed by atoms with Gasteiger partial charge in [-0.05, 0) is 26.4 Å². The average Bonchev–Trinajstić information content (AvgIpc) is 2.56. The first kappa shape index (κ1) is 8.20. The van der Waals surface area contributed by atoms with Crippen molar-refractivity contribution in [3.05, 3.63) is 16.6 Å². The molecule has 0 aliphatic carbocycles. The number of hydrogen-bond donors (Lipinski definition) is 0. The Kier molecular flexibility index (Phi) is 2.42. The molecule has 0 radical (unpaired) electrons. The monoisotopic (exact) mass is 182 g/mol. The summed E-state index contributed by atoms with van der Waals surface area (Å²) in [6, 6.07) is 0. The maximum absolute atomic E-state index is 4.37. The normalized spacial score (nSPS) is 25.9. The molecule has 0 N–H and O–H groups in total. The molecule has 2 heterocycles. The molecule has 1 aromatic rings. The lowest BCUT2D eigenvalue weighted by Crippen LogP contribution is -2.30. The maximum Gasteiger partial charge on any atom is 0.0968 e. The minimum Gasteiger partial charge on any atom is -0.306 e. The second-order valence-corrected chi connectivity index (χ2v) is 4.40. The summed E-state index contributed by atoms with van der Waals surface area (Å²) in [6.07, 6.45) is 4.55. The Hall–Kier alpha value is -0.410. The summed E-state index contributed by atoms with van der Waals surface area (Å²) in [4.78, 5) is 6.76. The Balaban J connectivity index is 2.04. The zero-order valence-electron chi connectivity index (χ0n) is 7.36. The summed E-state index contributed by atoms with van der Waals surface area (Å²) in [5, 5.41) is 3.39. The highest BCUT2D eigenvalue weighted by Crippen LogP contribution is 2.27. The van der Waals surface area contributed by atoms with E-state index in [0.717, 1.165) is 0 Å². The summed E-state index contributed by atoms with van der Waals surface area (Å²) in [5.74, 6) is 0.698. The highest BCUT2D eigenvalue weighted by molar-refractivity contribution is 7.09. The van der Waals surface area contributed by atoms with Gasteiger partial charge < -0.3 is 4.90 Å². The molecule has 1 aliphatic heterocycles. The van der Waals surface area contributed by atoms with E-state index in [0.29, 0.717) is 5.92 Å². The van der Waals surface area contributed by atoms with Crippen molar-refractivity contribution in [1.82, 2.24) is 9.88 Å². The van der Waals surface area contributed by atoms with Crippen LogP contribution in [0.3, 0.4) is 0 Å². The Labute approximate surface area is 77.2 Å². The van der Waals surface area contributed by atoms with Crippen LogP contribution in [0.2, 0.25) is 0 Å². The van der Waals surface area contributed by atoms with Crippen molar-refractivity contribution >= 4 is 11.3 Å². The largest absolute Gasteiger partial charge is 0.306 e. The smallest absolute Gasteiger partial charge is 0.0968 e. The SMILES string of the molecule is CN1CCCC(c2nccs2)C1. The van der Waals surface area contributed by atoms with E-state index >= 15 is 0 Å². The first-order valence-corrected chi connectivity index (χ1v) is 5.32. The van der Waals surface area contributed by atoms with Crippen LogP contribution in [-0.2, 0) is 0 Å². The molecule has 1 fully saturated rings. The number of likely N-dealkylation sites (tertiary alicyclic amines) is 1. The summed E-state index contributed by atoms with van der Waals surface area (Å²) in [7, 11) is 2.19. The third-order valence-corrected chi connectivity index (χ3v) is 3.36. The van der Waals surface area contributed by atoms with Crippen molar-refractivity contribution in [3.8, 4) is 0 Å². The van der Waals surface area contributed by atoms with E-state index in [2.05, 4.69) is 22.3 Å². The van der Waals surface area contributed by atoms with Crippen LogP contribution in [0.4, 0.5) is 0 Å². The molecule has 0 saturated carbocycles. The number of hydrogen-bond acceptors (Lipinski definition) is 3. The van der Waals surface area contributed by atoms with Crippen molar-refractivity contribution in [2.24, 2.45) is 0 Å². The van der Waals surface area contributed by atoms with Crippen LogP contribution in [0.5, 0.6) is 0 Å². The van der Waals surface area contributed by atoms with Crippen molar-refractivity contribution in [1.29, 1.82) is 0 Å². The Morgan fingerprint density at radius 1 is 1.67 bits per heavy atom. The molecule has 1 saturated heterocycles. The molecular formula is C9H14N2S. The van der Waals surface area contributed by atoms with Gasteiger partial charge in [-0.25, -0.2) is 4.98 Å². The van der Waals surface area contributed by atoms with Crippen molar-refractivity contribution < 1.29 is 0 Å². The van der Waals surface area contributed by atoms with Gasteiger partial charge in [0.05, 0.1) is 5.01 Å². The molecule has 66 valence electrons. The van der Waals surface area contributed by atoms with Gasteiger partial charge in [0, 0.05) is 24.0 Å². The zero-order chi connectivity index (χ0) is 8.39. The maximum atomic E-state index is 4.37. The third kappa shape index (κ3) is 1.67. The molecule has 3 heteroatoms. The second-order valence-electron chi connectivity index (χ2n) is 3.47. The van der Waals surface area contributed by atoms with Crippen molar-refractivity contribution in [2.45, 2.75) is 18.8 Å². The number of piperidine rings is 1. The Morgan fingerprint density at radius 3 is 3.25 bits per heavy atom. The van der Waals surface area contributed by atoms with E-state index < -0.39 is 0 Å². The molecule has 0 bridgehead atoms. The van der Waals surface area contributed by atoms with E-state index in [1.54, 1.807) is 11.3 Å². The number of nitrogens with zero attached hydrogens (tertiary/aromatic N) is 2. The third-order valence-electron chi connectivity index (χ3n) is 2.43. The van der Waals surface area contributed by atoms with Crippen LogP contribution in [0, 0.1) is 0 Å². The van der Waals surface area contributed by atoms with E-state index in [9.17, 15) is 0 Å². The van der Waals surface area contributed by atoms with Gasteiger partial charge in [-0.2, -0.15) is 0 Å². The summed E-state index contributed by atoms with van der Waals surface area (Å²) in [5.41, 5.74) is 0. The molecule has 1 atom stereocenters. The van der Waals surface area contributed by atoms with E-state index in [1.807, 2.05) is 6.20 Å². The predicted molar refractivity (Wildman–Crippen MR) is 51.6 cm³/mol. The predicted octanol–water partition coefficient (Wildman–Crippen LogP) is 1.95. The lowest BCUT2D eigenvalue weighted by Gasteiger charge is -2.28. The van der Waals surface area contributed by atoms with Gasteiger partial charge in [-0.1, -0.05) is 0 Å². The average molecular weight is 182 g/mol. The second kappa shape index (κ2) is 3.54. The minimum absolute atomic E-state index is 0.698. The van der Waals surface area contributed by atoms with Crippen LogP contribution >= 0.6 is 11.3 Å². The quantitative estimate of drug-likeness (QED) is 0.660. The molecule has 1 aliphatic rings. The van der Waals surface area contributed by atoms with E-state index in [4.69, 9.17) is 0 Å². The molecule has 1 aromatic heterocycles. The van der Waals surface area contributed by atoms with Crippen molar-refractivity contribution in [2.75, 3.05) is 20.1 Å². The van der Waals surface area contributed by atoms with Gasteiger partial charge in [0.25, 0.3) is 0 Å². The van der Waals surface area contributed by atoms with Crippen LogP contribution in [-0.4, -0.2) is 30.0 Å². The van der Waals surface area contributed by atoms with Crippen LogP contribution in [0.1, 0.15) is 23.8 Å². The van der Waals surface area contributed by atoms with E-state index in [1.165, 1.54) is 30.9 Å². The molecule has 0 spiro atoms. The lowest BCUT2D eigenvalue weighted by atomic mass is 9.99. The highest BCUT2D eigenvalue weighted by atomic mass is 32.1. The molecule has 0 aromatic carbocycles. The molecule has 2 nitrogen and oxygen atoms in total. The van der Waals surface area contributed by atoms with Gasteiger partial charge in [0.15, 0.2) is 0 Å². The van der Waals surface area contributed by atoms with Gasteiger partial charge in [-0.15, -0.1) is 11.3 Å². The molecule has 12 heavy (non-hydrogen) atoms. The summed E-state index contributed by atoms with van der Waals surface area (Å²) in [6.45, 7) is 2.44. The number of aromatic nitrogens is 1. The molecule has 0 amide bonds. The molecular weight excluding hydrogens is 168 g/mol. The van der Waals surface area contributed by atoms with Gasteiger partial charge in [0.2, 0.25) is 0 Å².